The van der Waals surface area contributed by atoms with Crippen molar-refractivity contribution in [2.75, 3.05) is 9.80 Å². The molecule has 6 nitrogen and oxygen atoms in total. The van der Waals surface area contributed by atoms with E-state index >= 15 is 0 Å². The van der Waals surface area contributed by atoms with Crippen LogP contribution in [0.15, 0.2) is 109 Å². The number of nitriles is 2. The number of anilines is 6. The SMILES string of the molecule is [C-]#[N+]c1cc([N+]#[C-])c2c(c1)B(c1c(C)cc(C)cc1C)c1cc3c(cc1N2c1ccc(C)cc1)N(c1ccc(C)cc1)c1c(C#N)cc(C#N)cc1B3c1c(C)cc(C)cc1C. The molecule has 0 amide bonds. The van der Waals surface area contributed by atoms with Crippen LogP contribution in [-0.2, 0) is 0 Å². The van der Waals surface area contributed by atoms with Gasteiger partial charge in [-0.15, -0.1) is 0 Å². The van der Waals surface area contributed by atoms with E-state index in [9.17, 15) is 10.5 Å². The molecule has 8 heteroatoms. The number of rotatable bonds is 4. The molecule has 62 heavy (non-hydrogen) atoms. The van der Waals surface area contributed by atoms with Gasteiger partial charge in [0.2, 0.25) is 13.4 Å². The molecular weight excluding hydrogens is 754 g/mol. The minimum absolute atomic E-state index is 0.343. The molecule has 2 heterocycles. The highest BCUT2D eigenvalue weighted by Crippen LogP contribution is 2.46. The van der Waals surface area contributed by atoms with Gasteiger partial charge in [-0.3, -0.25) is 0 Å². The van der Waals surface area contributed by atoms with E-state index in [1.807, 2.05) is 12.1 Å². The van der Waals surface area contributed by atoms with Crippen molar-refractivity contribution >= 4 is 91.7 Å². The highest BCUT2D eigenvalue weighted by molar-refractivity contribution is 7.01. The lowest BCUT2D eigenvalue weighted by Crippen LogP contribution is -2.63. The summed E-state index contributed by atoms with van der Waals surface area (Å²) in [4.78, 5) is 12.5. The van der Waals surface area contributed by atoms with Crippen LogP contribution in [0.3, 0.4) is 0 Å². The van der Waals surface area contributed by atoms with E-state index < -0.39 is 0 Å². The normalized spacial score (nSPS) is 12.3. The first kappa shape index (κ1) is 39.7. The molecule has 294 valence electrons. The van der Waals surface area contributed by atoms with E-state index in [0.717, 1.165) is 106 Å². The molecule has 7 aromatic rings. The molecule has 7 aromatic carbocycles. The molecule has 0 fully saturated rings. The van der Waals surface area contributed by atoms with Gasteiger partial charge in [0.25, 0.3) is 0 Å². The number of nitrogens with zero attached hydrogens (tertiary/aromatic N) is 6. The van der Waals surface area contributed by atoms with Gasteiger partial charge >= 0.3 is 0 Å². The Balaban J connectivity index is 1.51. The maximum absolute atomic E-state index is 11.0. The zero-order chi connectivity index (χ0) is 43.7. The van der Waals surface area contributed by atoms with Crippen LogP contribution >= 0.6 is 0 Å². The highest BCUT2D eigenvalue weighted by Gasteiger charge is 2.44. The third-order valence-corrected chi connectivity index (χ3v) is 12.7. The Kier molecular flexibility index (Phi) is 9.63. The monoisotopic (exact) mass is 796 g/mol. The van der Waals surface area contributed by atoms with E-state index in [-0.39, 0.29) is 13.4 Å². The third kappa shape index (κ3) is 6.24. The number of hydrogen-bond acceptors (Lipinski definition) is 4. The lowest BCUT2D eigenvalue weighted by atomic mass is 9.30. The molecule has 0 radical (unpaired) electrons. The van der Waals surface area contributed by atoms with Gasteiger partial charge in [-0.1, -0.05) is 122 Å². The molecule has 0 aromatic heterocycles. The highest BCUT2D eigenvalue weighted by atomic mass is 15.2. The fourth-order valence-electron chi connectivity index (χ4n) is 10.4. The number of aryl methyl sites for hydroxylation is 8. The van der Waals surface area contributed by atoms with Crippen LogP contribution in [0, 0.1) is 91.2 Å². The first-order chi connectivity index (χ1) is 29.8. The summed E-state index contributed by atoms with van der Waals surface area (Å²) in [6.07, 6.45) is 0. The van der Waals surface area contributed by atoms with Crippen LogP contribution in [0.5, 0.6) is 0 Å². The Bertz CT molecular complexity index is 2970. The van der Waals surface area contributed by atoms with Crippen LogP contribution in [0.2, 0.25) is 0 Å². The van der Waals surface area contributed by atoms with Crippen molar-refractivity contribution < 1.29 is 0 Å². The summed E-state index contributed by atoms with van der Waals surface area (Å²) in [5.74, 6) is 0. The summed E-state index contributed by atoms with van der Waals surface area (Å²) >= 11 is 0. The van der Waals surface area contributed by atoms with Gasteiger partial charge < -0.3 is 9.80 Å². The second kappa shape index (κ2) is 15.0. The molecule has 0 atom stereocenters. The minimum Gasteiger partial charge on any atom is -0.321 e. The Morgan fingerprint density at radius 2 is 0.935 bits per heavy atom. The lowest BCUT2D eigenvalue weighted by Gasteiger charge is -2.43. The molecule has 0 unspecified atom stereocenters. The first-order valence-corrected chi connectivity index (χ1v) is 20.8. The second-order valence-electron chi connectivity index (χ2n) is 17.1. The number of hydrogen-bond donors (Lipinski definition) is 0. The quantitative estimate of drug-likeness (QED) is 0.132. The van der Waals surface area contributed by atoms with Crippen molar-refractivity contribution in [3.63, 3.8) is 0 Å². The number of fused-ring (bicyclic) bond motifs is 4. The van der Waals surface area contributed by atoms with Crippen LogP contribution in [0.1, 0.15) is 55.6 Å². The Morgan fingerprint density at radius 1 is 0.468 bits per heavy atom. The maximum atomic E-state index is 11.0. The van der Waals surface area contributed by atoms with Gasteiger partial charge in [0.05, 0.1) is 36.0 Å². The predicted octanol–water partition coefficient (Wildman–Crippen LogP) is 9.60. The van der Waals surface area contributed by atoms with Crippen molar-refractivity contribution in [2.24, 2.45) is 0 Å². The molecule has 9 rings (SSSR count). The van der Waals surface area contributed by atoms with Crippen LogP contribution in [0.25, 0.3) is 9.69 Å². The first-order valence-electron chi connectivity index (χ1n) is 20.8. The molecule has 2 aliphatic heterocycles. The molecule has 0 saturated carbocycles. The largest absolute Gasteiger partial charge is 0.321 e. The van der Waals surface area contributed by atoms with Crippen molar-refractivity contribution in [3.05, 3.63) is 188 Å². The molecule has 0 bridgehead atoms. The van der Waals surface area contributed by atoms with E-state index in [1.165, 1.54) is 5.56 Å². The van der Waals surface area contributed by atoms with Crippen LogP contribution in [0.4, 0.5) is 45.5 Å². The third-order valence-electron chi connectivity index (χ3n) is 12.7. The summed E-state index contributed by atoms with van der Waals surface area (Å²) in [6.45, 7) is 33.1. The second-order valence-corrected chi connectivity index (χ2v) is 17.1. The maximum Gasteiger partial charge on any atom is 0.247 e. The van der Waals surface area contributed by atoms with Gasteiger partial charge in [0, 0.05) is 28.4 Å². The summed E-state index contributed by atoms with van der Waals surface area (Å²) in [7, 11) is 0. The van der Waals surface area contributed by atoms with Crippen molar-refractivity contribution in [1.82, 2.24) is 0 Å². The average molecular weight is 797 g/mol. The summed E-state index contributed by atoms with van der Waals surface area (Å²) in [5.41, 5.74) is 22.0. The standard InChI is InChI=1S/C54H42B2N6/c1-31-11-15-42(16-12-31)61-49-28-50-45(27-44(49)55(51-35(5)19-33(3)20-36(51)6)46-24-39(29-57)23-40(30-58)53(46)61)56(52-37(7)21-34(4)22-38(52)8)47-25-41(59-9)26-48(60-10)54(47)62(50)43-17-13-32(2)14-18-43/h11-28H,1-8H3. The van der Waals surface area contributed by atoms with Gasteiger partial charge in [0.1, 0.15) is 6.07 Å². The van der Waals surface area contributed by atoms with Crippen LogP contribution < -0.4 is 42.6 Å². The van der Waals surface area contributed by atoms with Crippen molar-refractivity contribution in [1.29, 1.82) is 10.5 Å². The Morgan fingerprint density at radius 3 is 1.37 bits per heavy atom. The predicted molar refractivity (Wildman–Crippen MR) is 258 cm³/mol. The molecule has 0 saturated heterocycles. The smallest absolute Gasteiger partial charge is 0.247 e. The summed E-state index contributed by atoms with van der Waals surface area (Å²) in [5, 5.41) is 21.4. The van der Waals surface area contributed by atoms with E-state index in [1.54, 1.807) is 12.1 Å². The zero-order valence-electron chi connectivity index (χ0n) is 36.2. The fraction of sp³-hybridized carbons (Fsp3) is 0.148. The van der Waals surface area contributed by atoms with Gasteiger partial charge in [-0.05, 0) is 120 Å². The topological polar surface area (TPSA) is 62.8 Å². The number of benzene rings is 7. The lowest BCUT2D eigenvalue weighted by molar-refractivity contribution is 1.25. The van der Waals surface area contributed by atoms with Crippen molar-refractivity contribution in [3.8, 4) is 12.1 Å². The minimum atomic E-state index is -0.350. The molecule has 0 N–H and O–H groups in total. The summed E-state index contributed by atoms with van der Waals surface area (Å²) in [6, 6.07) is 42.6. The Labute approximate surface area is 365 Å². The fourth-order valence-corrected chi connectivity index (χ4v) is 10.4. The van der Waals surface area contributed by atoms with Crippen LogP contribution in [-0.4, -0.2) is 13.4 Å². The molecule has 0 aliphatic carbocycles. The van der Waals surface area contributed by atoms with Crippen molar-refractivity contribution in [2.45, 2.75) is 55.4 Å². The molecule has 2 aliphatic rings. The molecular formula is C54H42B2N6. The van der Waals surface area contributed by atoms with E-state index in [2.05, 4.69) is 172 Å². The Hall–Kier alpha value is -7.77. The van der Waals surface area contributed by atoms with Gasteiger partial charge in [0.15, 0.2) is 11.4 Å². The van der Waals surface area contributed by atoms with E-state index in [0.29, 0.717) is 22.5 Å². The van der Waals surface area contributed by atoms with Gasteiger partial charge in [-0.25, -0.2) is 9.69 Å². The van der Waals surface area contributed by atoms with E-state index in [4.69, 9.17) is 13.1 Å². The molecule has 0 spiro atoms. The van der Waals surface area contributed by atoms with Gasteiger partial charge in [-0.2, -0.15) is 10.5 Å². The average Bonchev–Trinajstić information content (AvgIpc) is 3.25. The zero-order valence-corrected chi connectivity index (χ0v) is 36.2. The summed E-state index contributed by atoms with van der Waals surface area (Å²) < 4.78 is 0.